The summed E-state index contributed by atoms with van der Waals surface area (Å²) in [6.07, 6.45) is 6.55. The van der Waals surface area contributed by atoms with Crippen LogP contribution >= 0.6 is 11.3 Å². The van der Waals surface area contributed by atoms with Gasteiger partial charge in [0, 0.05) is 30.2 Å². The van der Waals surface area contributed by atoms with Crippen LogP contribution in [0.15, 0.2) is 12.4 Å². The average molecular weight is 375 g/mol. The Morgan fingerprint density at radius 3 is 2.92 bits per heavy atom. The lowest BCUT2D eigenvalue weighted by molar-refractivity contribution is -0.117. The number of amides is 2. The normalized spacial score (nSPS) is 16.5. The van der Waals surface area contributed by atoms with Gasteiger partial charge < -0.3 is 11.1 Å². The molecule has 0 spiro atoms. The van der Waals surface area contributed by atoms with Crippen molar-refractivity contribution in [2.45, 2.75) is 32.7 Å². The maximum atomic E-state index is 12.5. The van der Waals surface area contributed by atoms with Gasteiger partial charge in [-0.25, -0.2) is 0 Å². The van der Waals surface area contributed by atoms with Crippen molar-refractivity contribution in [2.75, 3.05) is 18.9 Å². The maximum absolute atomic E-state index is 12.5. The molecule has 0 saturated heterocycles. The van der Waals surface area contributed by atoms with Crippen LogP contribution < -0.4 is 11.1 Å². The Morgan fingerprint density at radius 2 is 2.27 bits per heavy atom. The first-order chi connectivity index (χ1) is 12.3. The predicted molar refractivity (Wildman–Crippen MR) is 102 cm³/mol. The molecule has 0 bridgehead atoms. The standard InChI is InChI=1S/C18H25N5O2S/c1-11-4-5-13-14(6-11)26-18(16(13)17(19)25)21-15(24)10-22(2)8-12-7-20-23(3)9-12/h7,9,11H,4-6,8,10H2,1-3H3,(H2,19,25)(H,21,24). The second-order valence-corrected chi connectivity index (χ2v) is 8.27. The molecule has 1 unspecified atom stereocenters. The number of nitrogens with one attached hydrogen (secondary N) is 1. The van der Waals surface area contributed by atoms with Crippen LogP contribution in [0.3, 0.4) is 0 Å². The molecule has 1 aliphatic rings. The lowest BCUT2D eigenvalue weighted by atomic mass is 9.88. The van der Waals surface area contributed by atoms with Crippen molar-refractivity contribution in [2.24, 2.45) is 18.7 Å². The summed E-state index contributed by atoms with van der Waals surface area (Å²) in [6, 6.07) is 0. The summed E-state index contributed by atoms with van der Waals surface area (Å²) >= 11 is 1.49. The van der Waals surface area contributed by atoms with Gasteiger partial charge in [0.1, 0.15) is 5.00 Å². The number of anilines is 1. The Kier molecular flexibility index (Phi) is 5.43. The highest BCUT2D eigenvalue weighted by Crippen LogP contribution is 2.39. The van der Waals surface area contributed by atoms with E-state index in [-0.39, 0.29) is 12.5 Å². The average Bonchev–Trinajstić information content (AvgIpc) is 3.09. The molecule has 0 aromatic carbocycles. The van der Waals surface area contributed by atoms with Crippen LogP contribution in [0.25, 0.3) is 0 Å². The molecule has 0 aliphatic heterocycles. The molecule has 3 rings (SSSR count). The monoisotopic (exact) mass is 375 g/mol. The Balaban J connectivity index is 1.68. The summed E-state index contributed by atoms with van der Waals surface area (Å²) in [4.78, 5) is 27.5. The zero-order valence-corrected chi connectivity index (χ0v) is 16.2. The summed E-state index contributed by atoms with van der Waals surface area (Å²) in [6.45, 7) is 3.06. The van der Waals surface area contributed by atoms with Crippen LogP contribution in [0.4, 0.5) is 5.00 Å². The molecule has 7 nitrogen and oxygen atoms in total. The Hall–Kier alpha value is -2.19. The van der Waals surface area contributed by atoms with Gasteiger partial charge in [-0.05, 0) is 37.8 Å². The molecule has 0 fully saturated rings. The van der Waals surface area contributed by atoms with E-state index in [1.807, 2.05) is 25.2 Å². The third-order valence-electron chi connectivity index (χ3n) is 4.64. The highest BCUT2D eigenvalue weighted by Gasteiger charge is 2.27. The first-order valence-corrected chi connectivity index (χ1v) is 9.55. The van der Waals surface area contributed by atoms with Crippen molar-refractivity contribution < 1.29 is 9.59 Å². The number of aryl methyl sites for hydroxylation is 1. The summed E-state index contributed by atoms with van der Waals surface area (Å²) < 4.78 is 1.74. The Labute approximate surface area is 157 Å². The van der Waals surface area contributed by atoms with Gasteiger partial charge in [0.25, 0.3) is 5.91 Å². The largest absolute Gasteiger partial charge is 0.365 e. The molecule has 26 heavy (non-hydrogen) atoms. The molecule has 3 N–H and O–H groups in total. The van der Waals surface area contributed by atoms with Crippen LogP contribution in [0.2, 0.25) is 0 Å². The predicted octanol–water partition coefficient (Wildman–Crippen LogP) is 1.78. The fourth-order valence-electron chi connectivity index (χ4n) is 3.43. The summed E-state index contributed by atoms with van der Waals surface area (Å²) in [5.41, 5.74) is 8.17. The second-order valence-electron chi connectivity index (χ2n) is 7.16. The van der Waals surface area contributed by atoms with Gasteiger partial charge in [0.15, 0.2) is 0 Å². The third kappa shape index (κ3) is 4.13. The van der Waals surface area contributed by atoms with Crippen LogP contribution in [-0.4, -0.2) is 40.1 Å². The van der Waals surface area contributed by atoms with Gasteiger partial charge in [-0.2, -0.15) is 5.10 Å². The minimum Gasteiger partial charge on any atom is -0.365 e. The Bertz CT molecular complexity index is 826. The molecule has 2 aromatic heterocycles. The van der Waals surface area contributed by atoms with Crippen molar-refractivity contribution >= 4 is 28.2 Å². The molecule has 2 heterocycles. The van der Waals surface area contributed by atoms with Crippen LogP contribution in [-0.2, 0) is 31.2 Å². The smallest absolute Gasteiger partial charge is 0.251 e. The fraction of sp³-hybridized carbons (Fsp3) is 0.500. The Morgan fingerprint density at radius 1 is 1.50 bits per heavy atom. The van der Waals surface area contributed by atoms with E-state index in [0.29, 0.717) is 23.0 Å². The number of carbonyl (C=O) groups excluding carboxylic acids is 2. The molecule has 2 aromatic rings. The minimum atomic E-state index is -0.462. The summed E-state index contributed by atoms with van der Waals surface area (Å²) in [5.74, 6) is -0.0161. The number of nitrogens with two attached hydrogens (primary N) is 1. The van der Waals surface area contributed by atoms with Crippen LogP contribution in [0, 0.1) is 5.92 Å². The number of hydrogen-bond donors (Lipinski definition) is 2. The van der Waals surface area contributed by atoms with Gasteiger partial charge in [-0.3, -0.25) is 19.2 Å². The van der Waals surface area contributed by atoms with Crippen molar-refractivity contribution in [1.82, 2.24) is 14.7 Å². The van der Waals surface area contributed by atoms with Gasteiger partial charge in [-0.15, -0.1) is 11.3 Å². The number of fused-ring (bicyclic) bond motifs is 1. The second kappa shape index (κ2) is 7.59. The number of likely N-dealkylation sites (N-methyl/N-ethyl adjacent to an activating group) is 1. The third-order valence-corrected chi connectivity index (χ3v) is 5.81. The number of rotatable bonds is 6. The molecule has 1 aliphatic carbocycles. The van der Waals surface area contributed by atoms with Crippen LogP contribution in [0.1, 0.15) is 39.7 Å². The molecule has 140 valence electrons. The van der Waals surface area contributed by atoms with E-state index in [0.717, 1.165) is 30.4 Å². The van der Waals surface area contributed by atoms with E-state index < -0.39 is 5.91 Å². The molecule has 1 atom stereocenters. The van der Waals surface area contributed by atoms with Crippen molar-refractivity contribution in [1.29, 1.82) is 0 Å². The molecular formula is C18H25N5O2S. The maximum Gasteiger partial charge on any atom is 0.251 e. The highest BCUT2D eigenvalue weighted by atomic mass is 32.1. The number of hydrogen-bond acceptors (Lipinski definition) is 5. The zero-order chi connectivity index (χ0) is 18.8. The number of nitrogens with zero attached hydrogens (tertiary/aromatic N) is 3. The van der Waals surface area contributed by atoms with E-state index in [1.54, 1.807) is 10.9 Å². The van der Waals surface area contributed by atoms with E-state index in [9.17, 15) is 9.59 Å². The van der Waals surface area contributed by atoms with Gasteiger partial charge in [0.2, 0.25) is 5.91 Å². The van der Waals surface area contributed by atoms with Gasteiger partial charge in [0.05, 0.1) is 18.3 Å². The van der Waals surface area contributed by atoms with Crippen molar-refractivity contribution in [3.8, 4) is 0 Å². The van der Waals surface area contributed by atoms with Gasteiger partial charge >= 0.3 is 0 Å². The van der Waals surface area contributed by atoms with E-state index in [4.69, 9.17) is 5.73 Å². The quantitative estimate of drug-likeness (QED) is 0.805. The molecule has 2 amide bonds. The van der Waals surface area contributed by atoms with Gasteiger partial charge in [-0.1, -0.05) is 6.92 Å². The molecular weight excluding hydrogens is 350 g/mol. The minimum absolute atomic E-state index is 0.148. The highest BCUT2D eigenvalue weighted by molar-refractivity contribution is 7.17. The number of aromatic nitrogens is 2. The van der Waals surface area contributed by atoms with Crippen molar-refractivity contribution in [3.63, 3.8) is 0 Å². The first kappa shape index (κ1) is 18.6. The number of primary amides is 1. The zero-order valence-electron chi connectivity index (χ0n) is 15.4. The van der Waals surface area contributed by atoms with Crippen molar-refractivity contribution in [3.05, 3.63) is 34.0 Å². The number of carbonyl (C=O) groups is 2. The lowest BCUT2D eigenvalue weighted by Crippen LogP contribution is -2.30. The van der Waals surface area contributed by atoms with E-state index in [1.165, 1.54) is 16.2 Å². The van der Waals surface area contributed by atoms with E-state index >= 15 is 0 Å². The first-order valence-electron chi connectivity index (χ1n) is 8.73. The van der Waals surface area contributed by atoms with Crippen LogP contribution in [0.5, 0.6) is 0 Å². The molecule has 8 heteroatoms. The topological polar surface area (TPSA) is 93.2 Å². The fourth-order valence-corrected chi connectivity index (χ4v) is 4.86. The summed E-state index contributed by atoms with van der Waals surface area (Å²) in [7, 11) is 3.74. The SMILES string of the molecule is CC1CCc2c(sc(NC(=O)CN(C)Cc3cnn(C)c3)c2C(N)=O)C1. The summed E-state index contributed by atoms with van der Waals surface area (Å²) in [5, 5.41) is 7.63. The van der Waals surface area contributed by atoms with E-state index in [2.05, 4.69) is 17.3 Å². The molecule has 0 saturated carbocycles. The molecule has 0 radical (unpaired) electrons. The lowest BCUT2D eigenvalue weighted by Gasteiger charge is -2.18. The number of thiophene rings is 1.